The number of nitrogens with one attached hydrogen (secondary N) is 2. The van der Waals surface area contributed by atoms with Crippen LogP contribution in [0, 0.1) is 11.3 Å². The third kappa shape index (κ3) is 5.64. The Kier molecular flexibility index (Phi) is 7.15. The highest BCUT2D eigenvalue weighted by Crippen LogP contribution is 2.42. The zero-order valence-electron chi connectivity index (χ0n) is 15.5. The van der Waals surface area contributed by atoms with Gasteiger partial charge in [-0.2, -0.15) is 0 Å². The van der Waals surface area contributed by atoms with Crippen LogP contribution in [0.15, 0.2) is 4.99 Å². The summed E-state index contributed by atoms with van der Waals surface area (Å²) in [5.41, 5.74) is 0.507. The zero-order chi connectivity index (χ0) is 16.7. The molecule has 23 heavy (non-hydrogen) atoms. The first-order valence-electron chi connectivity index (χ1n) is 9.35. The Labute approximate surface area is 142 Å². The van der Waals surface area contributed by atoms with Gasteiger partial charge in [0.15, 0.2) is 5.96 Å². The Morgan fingerprint density at radius 3 is 2.70 bits per heavy atom. The lowest BCUT2D eigenvalue weighted by atomic mass is 9.67. The molecule has 5 heteroatoms. The third-order valence-corrected chi connectivity index (χ3v) is 5.36. The maximum Gasteiger partial charge on any atom is 0.191 e. The van der Waals surface area contributed by atoms with Crippen LogP contribution in [0.4, 0.5) is 0 Å². The van der Waals surface area contributed by atoms with Crippen molar-refractivity contribution in [3.8, 4) is 0 Å². The second kappa shape index (κ2) is 8.88. The number of ether oxygens (including phenoxy) is 1. The number of rotatable bonds is 7. The largest absolute Gasteiger partial charge is 0.374 e. The summed E-state index contributed by atoms with van der Waals surface area (Å²) >= 11 is 0. The van der Waals surface area contributed by atoms with Crippen LogP contribution in [-0.4, -0.2) is 63.3 Å². The molecule has 0 aromatic carbocycles. The van der Waals surface area contributed by atoms with Gasteiger partial charge in [0.25, 0.3) is 0 Å². The molecule has 2 aliphatic rings. The highest BCUT2D eigenvalue weighted by atomic mass is 16.5. The number of aliphatic imine (C=N–C) groups is 1. The van der Waals surface area contributed by atoms with Crippen LogP contribution in [0.3, 0.4) is 0 Å². The van der Waals surface area contributed by atoms with E-state index < -0.39 is 0 Å². The van der Waals surface area contributed by atoms with E-state index >= 15 is 0 Å². The molecule has 1 atom stereocenters. The predicted molar refractivity (Wildman–Crippen MR) is 97.0 cm³/mol. The van der Waals surface area contributed by atoms with Crippen LogP contribution >= 0.6 is 0 Å². The minimum Gasteiger partial charge on any atom is -0.374 e. The molecule has 0 radical (unpaired) electrons. The molecular weight excluding hydrogens is 288 g/mol. The maximum absolute atomic E-state index is 5.90. The van der Waals surface area contributed by atoms with Crippen molar-refractivity contribution in [2.45, 2.75) is 52.6 Å². The molecule has 5 nitrogen and oxygen atoms in total. The van der Waals surface area contributed by atoms with Crippen molar-refractivity contribution in [3.05, 3.63) is 0 Å². The molecule has 0 bridgehead atoms. The van der Waals surface area contributed by atoms with Gasteiger partial charge in [-0.15, -0.1) is 0 Å². The van der Waals surface area contributed by atoms with Crippen LogP contribution in [0.2, 0.25) is 0 Å². The SMILES string of the molecule is CCC1(CNC(=NC)NCC2CN(CC(C)C)CCO2)CCC1. The van der Waals surface area contributed by atoms with E-state index in [9.17, 15) is 0 Å². The standard InChI is InChI=1S/C18H36N4O/c1-5-18(7-6-8-18)14-21-17(19-4)20-11-16-13-22(9-10-23-16)12-15(2)3/h15-16H,5-14H2,1-4H3,(H2,19,20,21). The van der Waals surface area contributed by atoms with Gasteiger partial charge in [0, 0.05) is 39.8 Å². The van der Waals surface area contributed by atoms with E-state index in [0.717, 1.165) is 45.3 Å². The van der Waals surface area contributed by atoms with Crippen molar-refractivity contribution in [2.24, 2.45) is 16.3 Å². The van der Waals surface area contributed by atoms with Gasteiger partial charge < -0.3 is 15.4 Å². The Bertz CT molecular complexity index is 374. The summed E-state index contributed by atoms with van der Waals surface area (Å²) in [7, 11) is 1.85. The summed E-state index contributed by atoms with van der Waals surface area (Å²) < 4.78 is 5.90. The first-order chi connectivity index (χ1) is 11.1. The lowest BCUT2D eigenvalue weighted by Crippen LogP contribution is -2.51. The van der Waals surface area contributed by atoms with Crippen molar-refractivity contribution in [1.82, 2.24) is 15.5 Å². The molecule has 1 saturated heterocycles. The van der Waals surface area contributed by atoms with E-state index in [4.69, 9.17) is 4.74 Å². The summed E-state index contributed by atoms with van der Waals surface area (Å²) in [6.45, 7) is 12.8. The van der Waals surface area contributed by atoms with Gasteiger partial charge in [-0.3, -0.25) is 9.89 Å². The van der Waals surface area contributed by atoms with Crippen LogP contribution in [-0.2, 0) is 4.74 Å². The highest BCUT2D eigenvalue weighted by Gasteiger charge is 2.35. The minimum atomic E-state index is 0.255. The lowest BCUT2D eigenvalue weighted by molar-refractivity contribution is -0.0284. The molecule has 134 valence electrons. The van der Waals surface area contributed by atoms with Crippen molar-refractivity contribution in [2.75, 3.05) is 46.4 Å². The molecule has 2 rings (SSSR count). The Morgan fingerprint density at radius 2 is 2.13 bits per heavy atom. The van der Waals surface area contributed by atoms with Crippen LogP contribution in [0.1, 0.15) is 46.5 Å². The quantitative estimate of drug-likeness (QED) is 0.556. The summed E-state index contributed by atoms with van der Waals surface area (Å²) in [4.78, 5) is 6.87. The monoisotopic (exact) mass is 324 g/mol. The first-order valence-corrected chi connectivity index (χ1v) is 9.35. The molecule has 0 amide bonds. The Hall–Kier alpha value is -0.810. The van der Waals surface area contributed by atoms with E-state index in [1.165, 1.54) is 25.7 Å². The van der Waals surface area contributed by atoms with Gasteiger partial charge in [0.1, 0.15) is 0 Å². The molecule has 2 fully saturated rings. The van der Waals surface area contributed by atoms with Crippen LogP contribution < -0.4 is 10.6 Å². The van der Waals surface area contributed by atoms with Crippen molar-refractivity contribution in [3.63, 3.8) is 0 Å². The van der Waals surface area contributed by atoms with Crippen molar-refractivity contribution < 1.29 is 4.74 Å². The molecule has 1 aliphatic carbocycles. The molecule has 0 aromatic heterocycles. The first kappa shape index (κ1) is 18.5. The maximum atomic E-state index is 5.90. The molecule has 1 heterocycles. The van der Waals surface area contributed by atoms with Gasteiger partial charge in [-0.25, -0.2) is 0 Å². The van der Waals surface area contributed by atoms with E-state index in [2.05, 4.69) is 41.3 Å². The minimum absolute atomic E-state index is 0.255. The molecule has 2 N–H and O–H groups in total. The van der Waals surface area contributed by atoms with Crippen molar-refractivity contribution in [1.29, 1.82) is 0 Å². The fourth-order valence-electron chi connectivity index (χ4n) is 3.62. The summed E-state index contributed by atoms with van der Waals surface area (Å²) in [5.74, 6) is 1.62. The van der Waals surface area contributed by atoms with Gasteiger partial charge in [-0.05, 0) is 30.6 Å². The second-order valence-corrected chi connectivity index (χ2v) is 7.66. The normalized spacial score (nSPS) is 25.3. The summed E-state index contributed by atoms with van der Waals surface area (Å²) in [5, 5.41) is 6.96. The molecule has 0 spiro atoms. The predicted octanol–water partition coefficient (Wildman–Crippen LogP) is 2.09. The summed E-state index contributed by atoms with van der Waals surface area (Å²) in [6.07, 6.45) is 5.59. The highest BCUT2D eigenvalue weighted by molar-refractivity contribution is 5.79. The van der Waals surface area contributed by atoms with E-state index in [1.807, 2.05) is 7.05 Å². The lowest BCUT2D eigenvalue weighted by Gasteiger charge is -2.41. The van der Waals surface area contributed by atoms with E-state index in [0.29, 0.717) is 11.3 Å². The topological polar surface area (TPSA) is 48.9 Å². The molecule has 0 aromatic rings. The van der Waals surface area contributed by atoms with Gasteiger partial charge in [-0.1, -0.05) is 27.2 Å². The Balaban J connectivity index is 1.70. The van der Waals surface area contributed by atoms with Gasteiger partial charge in [0.05, 0.1) is 12.7 Å². The van der Waals surface area contributed by atoms with Gasteiger partial charge >= 0.3 is 0 Å². The number of hydrogen-bond acceptors (Lipinski definition) is 3. The molecule has 1 saturated carbocycles. The molecule has 1 aliphatic heterocycles. The summed E-state index contributed by atoms with van der Waals surface area (Å²) in [6, 6.07) is 0. The average Bonchev–Trinajstić information content (AvgIpc) is 2.49. The average molecular weight is 325 g/mol. The van der Waals surface area contributed by atoms with E-state index in [1.54, 1.807) is 0 Å². The fourth-order valence-corrected chi connectivity index (χ4v) is 3.62. The Morgan fingerprint density at radius 1 is 1.35 bits per heavy atom. The van der Waals surface area contributed by atoms with Gasteiger partial charge in [0.2, 0.25) is 0 Å². The zero-order valence-corrected chi connectivity index (χ0v) is 15.5. The van der Waals surface area contributed by atoms with E-state index in [-0.39, 0.29) is 6.10 Å². The fraction of sp³-hybridized carbons (Fsp3) is 0.944. The third-order valence-electron chi connectivity index (χ3n) is 5.36. The smallest absolute Gasteiger partial charge is 0.191 e. The molecular formula is C18H36N4O. The molecule has 1 unspecified atom stereocenters. The van der Waals surface area contributed by atoms with Crippen LogP contribution in [0.25, 0.3) is 0 Å². The second-order valence-electron chi connectivity index (χ2n) is 7.66. The number of hydrogen-bond donors (Lipinski definition) is 2. The van der Waals surface area contributed by atoms with Crippen molar-refractivity contribution >= 4 is 5.96 Å². The number of nitrogens with zero attached hydrogens (tertiary/aromatic N) is 2. The number of morpholine rings is 1. The number of guanidine groups is 1. The van der Waals surface area contributed by atoms with Crippen LogP contribution in [0.5, 0.6) is 0 Å².